The Bertz CT molecular complexity index is 795. The van der Waals surface area contributed by atoms with Gasteiger partial charge in [0.05, 0.1) is 6.54 Å². The van der Waals surface area contributed by atoms with Gasteiger partial charge in [-0.2, -0.15) is 0 Å². The summed E-state index contributed by atoms with van der Waals surface area (Å²) in [5.41, 5.74) is 4.63. The van der Waals surface area contributed by atoms with Crippen molar-refractivity contribution < 1.29 is 4.79 Å². The van der Waals surface area contributed by atoms with E-state index in [0.29, 0.717) is 12.1 Å². The van der Waals surface area contributed by atoms with Gasteiger partial charge in [-0.3, -0.25) is 9.59 Å². The molecule has 1 aliphatic heterocycles. The summed E-state index contributed by atoms with van der Waals surface area (Å²) in [7, 11) is 0. The van der Waals surface area contributed by atoms with E-state index in [1.165, 1.54) is 5.56 Å². The molecule has 0 unspecified atom stereocenters. The maximum Gasteiger partial charge on any atom is 0.253 e. The van der Waals surface area contributed by atoms with Crippen molar-refractivity contribution in [1.82, 2.24) is 10.3 Å². The molecule has 0 aliphatic carbocycles. The Kier molecular flexibility index (Phi) is 4.19. The molecule has 120 valence electrons. The maximum absolute atomic E-state index is 12.2. The Morgan fingerprint density at radius 2 is 2.09 bits per heavy atom. The molecule has 2 heterocycles. The first-order chi connectivity index (χ1) is 11.0. The standard InChI is InChI=1S/C18H21N3O2/c1-12-9-13(2)20-18(23)15(12)10-19-17(22)11-21-8-7-14-5-3-4-6-16(14)21/h3-6,9H,7-8,10-11H2,1-2H3,(H,19,22)(H,20,23). The monoisotopic (exact) mass is 311 g/mol. The van der Waals surface area contributed by atoms with Crippen molar-refractivity contribution in [2.45, 2.75) is 26.8 Å². The predicted octanol–water partition coefficient (Wildman–Crippen LogP) is 1.67. The minimum absolute atomic E-state index is 0.0684. The molecule has 0 fully saturated rings. The number of carbonyl (C=O) groups excluding carboxylic acids is 1. The van der Waals surface area contributed by atoms with Crippen LogP contribution in [-0.2, 0) is 17.8 Å². The number of H-pyrrole nitrogens is 1. The number of para-hydroxylation sites is 1. The van der Waals surface area contributed by atoms with Crippen LogP contribution >= 0.6 is 0 Å². The number of hydrogen-bond donors (Lipinski definition) is 2. The van der Waals surface area contributed by atoms with E-state index in [-0.39, 0.29) is 18.0 Å². The fourth-order valence-corrected chi connectivity index (χ4v) is 3.09. The number of hydrogen-bond acceptors (Lipinski definition) is 3. The van der Waals surface area contributed by atoms with Gasteiger partial charge in [-0.05, 0) is 43.5 Å². The summed E-state index contributed by atoms with van der Waals surface area (Å²) >= 11 is 0. The number of anilines is 1. The Balaban J connectivity index is 1.62. The van der Waals surface area contributed by atoms with Gasteiger partial charge in [0.2, 0.25) is 5.91 Å². The van der Waals surface area contributed by atoms with Crippen molar-refractivity contribution in [3.8, 4) is 0 Å². The first kappa shape index (κ1) is 15.3. The van der Waals surface area contributed by atoms with E-state index >= 15 is 0 Å². The van der Waals surface area contributed by atoms with Crippen LogP contribution in [-0.4, -0.2) is 24.0 Å². The normalized spacial score (nSPS) is 13.0. The molecule has 2 N–H and O–H groups in total. The van der Waals surface area contributed by atoms with E-state index in [1.807, 2.05) is 38.1 Å². The number of aryl methyl sites for hydroxylation is 2. The number of aromatic nitrogens is 1. The Morgan fingerprint density at radius 1 is 1.30 bits per heavy atom. The topological polar surface area (TPSA) is 65.2 Å². The summed E-state index contributed by atoms with van der Waals surface area (Å²) in [5, 5.41) is 2.86. The van der Waals surface area contributed by atoms with Crippen molar-refractivity contribution in [3.63, 3.8) is 0 Å². The third-order valence-electron chi connectivity index (χ3n) is 4.27. The van der Waals surface area contributed by atoms with E-state index in [9.17, 15) is 9.59 Å². The van der Waals surface area contributed by atoms with Crippen LogP contribution in [0.25, 0.3) is 0 Å². The molecule has 2 aromatic rings. The highest BCUT2D eigenvalue weighted by Crippen LogP contribution is 2.26. The third-order valence-corrected chi connectivity index (χ3v) is 4.27. The van der Waals surface area contributed by atoms with Gasteiger partial charge in [0.15, 0.2) is 0 Å². The number of nitrogens with one attached hydrogen (secondary N) is 2. The van der Waals surface area contributed by atoms with Gasteiger partial charge in [0.25, 0.3) is 5.56 Å². The fourth-order valence-electron chi connectivity index (χ4n) is 3.09. The van der Waals surface area contributed by atoms with Crippen LogP contribution in [0.3, 0.4) is 0 Å². The van der Waals surface area contributed by atoms with Crippen LogP contribution in [0.1, 0.15) is 22.4 Å². The predicted molar refractivity (Wildman–Crippen MR) is 90.7 cm³/mol. The zero-order valence-electron chi connectivity index (χ0n) is 13.5. The van der Waals surface area contributed by atoms with Crippen LogP contribution in [0.15, 0.2) is 35.1 Å². The average molecular weight is 311 g/mol. The zero-order valence-corrected chi connectivity index (χ0v) is 13.5. The first-order valence-electron chi connectivity index (χ1n) is 7.83. The first-order valence-corrected chi connectivity index (χ1v) is 7.83. The third kappa shape index (κ3) is 3.28. The van der Waals surface area contributed by atoms with Crippen molar-refractivity contribution in [2.75, 3.05) is 18.0 Å². The lowest BCUT2D eigenvalue weighted by Crippen LogP contribution is -2.37. The highest BCUT2D eigenvalue weighted by Gasteiger charge is 2.20. The van der Waals surface area contributed by atoms with E-state index in [0.717, 1.165) is 29.9 Å². The molecular formula is C18H21N3O2. The highest BCUT2D eigenvalue weighted by atomic mass is 16.2. The Labute approximate surface area is 135 Å². The number of fused-ring (bicyclic) bond motifs is 1. The molecule has 5 heteroatoms. The minimum Gasteiger partial charge on any atom is -0.362 e. The van der Waals surface area contributed by atoms with Crippen molar-refractivity contribution in [2.24, 2.45) is 0 Å². The van der Waals surface area contributed by atoms with Gasteiger partial charge >= 0.3 is 0 Å². The quantitative estimate of drug-likeness (QED) is 0.903. The summed E-state index contributed by atoms with van der Waals surface area (Å²) in [5.74, 6) is -0.0684. The molecular weight excluding hydrogens is 290 g/mol. The molecule has 3 rings (SSSR count). The summed E-state index contributed by atoms with van der Waals surface area (Å²) in [6.45, 7) is 5.18. The number of pyridine rings is 1. The number of benzene rings is 1. The number of carbonyl (C=O) groups is 1. The van der Waals surface area contributed by atoms with Crippen LogP contribution in [0.5, 0.6) is 0 Å². The van der Waals surface area contributed by atoms with Crippen molar-refractivity contribution in [3.05, 3.63) is 63.1 Å². The second-order valence-corrected chi connectivity index (χ2v) is 6.02. The highest BCUT2D eigenvalue weighted by molar-refractivity contribution is 5.82. The van der Waals surface area contributed by atoms with Gasteiger partial charge < -0.3 is 15.2 Å². The minimum atomic E-state index is -0.130. The molecule has 1 aliphatic rings. The van der Waals surface area contributed by atoms with Crippen LogP contribution in [0, 0.1) is 13.8 Å². The molecule has 0 spiro atoms. The lowest BCUT2D eigenvalue weighted by Gasteiger charge is -2.18. The van der Waals surface area contributed by atoms with Gasteiger partial charge in [-0.15, -0.1) is 0 Å². The number of aromatic amines is 1. The lowest BCUT2D eigenvalue weighted by atomic mass is 10.1. The molecule has 0 radical (unpaired) electrons. The van der Waals surface area contributed by atoms with Gasteiger partial charge in [-0.1, -0.05) is 18.2 Å². The van der Waals surface area contributed by atoms with Crippen LogP contribution < -0.4 is 15.8 Å². The lowest BCUT2D eigenvalue weighted by molar-refractivity contribution is -0.119. The fraction of sp³-hybridized carbons (Fsp3) is 0.333. The summed E-state index contributed by atoms with van der Waals surface area (Å²) in [4.78, 5) is 29.0. The maximum atomic E-state index is 12.2. The Hall–Kier alpha value is -2.56. The van der Waals surface area contributed by atoms with Crippen LogP contribution in [0.4, 0.5) is 5.69 Å². The van der Waals surface area contributed by atoms with Gasteiger partial charge in [0.1, 0.15) is 0 Å². The number of nitrogens with zero attached hydrogens (tertiary/aromatic N) is 1. The summed E-state index contributed by atoms with van der Waals surface area (Å²) < 4.78 is 0. The molecule has 1 aromatic carbocycles. The van der Waals surface area contributed by atoms with E-state index in [4.69, 9.17) is 0 Å². The Morgan fingerprint density at radius 3 is 2.87 bits per heavy atom. The van der Waals surface area contributed by atoms with E-state index < -0.39 is 0 Å². The second-order valence-electron chi connectivity index (χ2n) is 6.02. The summed E-state index contributed by atoms with van der Waals surface area (Å²) in [6, 6.07) is 10.1. The molecule has 0 bridgehead atoms. The molecule has 5 nitrogen and oxygen atoms in total. The number of amides is 1. The molecule has 1 aromatic heterocycles. The molecule has 0 saturated heterocycles. The largest absolute Gasteiger partial charge is 0.362 e. The molecule has 1 amide bonds. The molecule has 0 saturated carbocycles. The summed E-state index contributed by atoms with van der Waals surface area (Å²) in [6.07, 6.45) is 0.972. The van der Waals surface area contributed by atoms with Gasteiger partial charge in [-0.25, -0.2) is 0 Å². The SMILES string of the molecule is Cc1cc(C)c(CNC(=O)CN2CCc3ccccc32)c(=O)[nH]1. The second kappa shape index (κ2) is 6.28. The van der Waals surface area contributed by atoms with E-state index in [1.54, 1.807) is 0 Å². The average Bonchev–Trinajstić information content (AvgIpc) is 2.89. The van der Waals surface area contributed by atoms with Crippen molar-refractivity contribution in [1.29, 1.82) is 0 Å². The van der Waals surface area contributed by atoms with Crippen molar-refractivity contribution >= 4 is 11.6 Å². The van der Waals surface area contributed by atoms with Crippen LogP contribution in [0.2, 0.25) is 0 Å². The number of rotatable bonds is 4. The smallest absolute Gasteiger partial charge is 0.253 e. The molecule has 0 atom stereocenters. The van der Waals surface area contributed by atoms with E-state index in [2.05, 4.69) is 21.3 Å². The zero-order chi connectivity index (χ0) is 16.4. The molecule has 23 heavy (non-hydrogen) atoms. The van der Waals surface area contributed by atoms with Gasteiger partial charge in [0, 0.05) is 30.0 Å².